The maximum Gasteiger partial charge on any atom is 0.297 e. The van der Waals surface area contributed by atoms with Gasteiger partial charge in [-0.15, -0.1) is 0 Å². The van der Waals surface area contributed by atoms with Gasteiger partial charge in [-0.3, -0.25) is 24.7 Å². The minimum atomic E-state index is -4.74. The second-order valence-corrected chi connectivity index (χ2v) is 24.6. The average Bonchev–Trinajstić information content (AvgIpc) is 4.15. The standard InChI is InChI=1S/C56H70N8O10S/c1-34(2)42-8-5-6-9-43(42)46-10-7-21-63(46)39-29-56(30-39)18-22-62(23-19-56)37-11-12-44(48(26-37)74-50-24-36-15-20-57-52(36)59-54(50)73-40-25-38(32-65)61(4)31-40)53(66)60-75(70,71)41-27-47(64(68)69)51-49(28-41)72-33-45(58-51)35-13-16-55(3,67)17-14-35/h5-6,8-9,11-12,15,20,24,26-28,34-35,38-40,45-46,58,65,67H,7,10,13-14,16-19,21-23,25,29-33H2,1-4H3,(H,57,59)(H,60,66)/t35?,38-,40+,45+,46-,55?/m0/s1. The number of likely N-dealkylation sites (tertiary alicyclic amines) is 2. The Balaban J connectivity index is 0.852. The zero-order chi connectivity index (χ0) is 52.4. The van der Waals surface area contributed by atoms with Gasteiger partial charge >= 0.3 is 0 Å². The summed E-state index contributed by atoms with van der Waals surface area (Å²) in [5, 5.41) is 37.0. The van der Waals surface area contributed by atoms with Crippen LogP contribution in [0.3, 0.4) is 0 Å². The molecular formula is C56H70N8O10S. The molecule has 75 heavy (non-hydrogen) atoms. The Morgan fingerprint density at radius 1 is 1.01 bits per heavy atom. The summed E-state index contributed by atoms with van der Waals surface area (Å²) >= 11 is 0. The van der Waals surface area contributed by atoms with Crippen molar-refractivity contribution in [1.29, 1.82) is 0 Å². The smallest absolute Gasteiger partial charge is 0.297 e. The summed E-state index contributed by atoms with van der Waals surface area (Å²) < 4.78 is 49.9. The molecule has 5 fully saturated rings. The van der Waals surface area contributed by atoms with Crippen LogP contribution in [-0.2, 0) is 10.0 Å². The number of aromatic nitrogens is 2. The summed E-state index contributed by atoms with van der Waals surface area (Å²) in [7, 11) is -2.82. The molecule has 5 aromatic rings. The SMILES string of the molecule is CC(C)c1ccccc1[C@@H]1CCCN1C1CC2(CCN(c3ccc(C(=O)NS(=O)(=O)c4cc5c(c([N+](=O)[O-])c4)N[C@@H](C4CCC(C)(O)CC4)CO5)c(Oc4cc5cc[nH]c5nc4O[C@@H]4C[C@@H](CO)N(C)C4)c3)CC2)C1. The zero-order valence-electron chi connectivity index (χ0n) is 43.3. The van der Waals surface area contributed by atoms with E-state index in [2.05, 4.69) is 62.9 Å². The number of aliphatic hydroxyl groups excluding tert-OH is 1. The van der Waals surface area contributed by atoms with Gasteiger partial charge in [0.1, 0.15) is 24.1 Å². The molecule has 1 spiro atoms. The maximum atomic E-state index is 14.5. The Kier molecular flexibility index (Phi) is 13.8. The molecule has 2 aliphatic carbocycles. The van der Waals surface area contributed by atoms with Crippen LogP contribution in [0.1, 0.15) is 125 Å². The number of carbonyl (C=O) groups is 1. The minimum absolute atomic E-state index is 0.0169. The fourth-order valence-corrected chi connectivity index (χ4v) is 14.1. The van der Waals surface area contributed by atoms with Gasteiger partial charge in [-0.2, -0.15) is 4.98 Å². The number of H-pyrrole nitrogens is 1. The molecule has 4 aliphatic heterocycles. The summed E-state index contributed by atoms with van der Waals surface area (Å²) in [5.41, 5.74) is 3.23. The van der Waals surface area contributed by atoms with E-state index >= 15 is 0 Å². The second kappa shape index (κ2) is 20.2. The van der Waals surface area contributed by atoms with E-state index in [1.807, 2.05) is 18.0 Å². The van der Waals surface area contributed by atoms with Crippen molar-refractivity contribution in [3.8, 4) is 23.1 Å². The molecule has 3 aromatic carbocycles. The zero-order valence-corrected chi connectivity index (χ0v) is 44.1. The molecule has 3 saturated heterocycles. The van der Waals surface area contributed by atoms with Crippen molar-refractivity contribution in [3.63, 3.8) is 0 Å². The van der Waals surface area contributed by atoms with Gasteiger partial charge in [0.2, 0.25) is 0 Å². The quantitative estimate of drug-likeness (QED) is 0.0518. The van der Waals surface area contributed by atoms with Crippen LogP contribution in [-0.4, -0.2) is 126 Å². The highest BCUT2D eigenvalue weighted by molar-refractivity contribution is 7.90. The number of ether oxygens (including phenoxy) is 3. The van der Waals surface area contributed by atoms with Crippen LogP contribution >= 0.6 is 0 Å². The molecule has 0 radical (unpaired) electrons. The Hall–Kier alpha value is -5.99. The average molecular weight is 1050 g/mol. The number of anilines is 2. The third-order valence-electron chi connectivity index (χ3n) is 17.5. The fourth-order valence-electron chi connectivity index (χ4n) is 13.1. The van der Waals surface area contributed by atoms with Crippen LogP contribution in [0.4, 0.5) is 17.1 Å². The van der Waals surface area contributed by atoms with Crippen LogP contribution in [0.2, 0.25) is 0 Å². The Morgan fingerprint density at radius 2 is 1.79 bits per heavy atom. The van der Waals surface area contributed by atoms with Crippen molar-refractivity contribution in [2.75, 3.05) is 56.7 Å². The van der Waals surface area contributed by atoms with Gasteiger partial charge in [-0.05, 0) is 137 Å². The lowest BCUT2D eigenvalue weighted by Crippen LogP contribution is -2.54. The van der Waals surface area contributed by atoms with Gasteiger partial charge in [-0.1, -0.05) is 38.1 Å². The minimum Gasteiger partial charge on any atom is -0.489 e. The maximum absolute atomic E-state index is 14.5. The first-order chi connectivity index (χ1) is 35.9. The number of nitro benzene ring substituents is 1. The topological polar surface area (TPSA) is 225 Å². The van der Waals surface area contributed by atoms with Gasteiger partial charge in [0.25, 0.3) is 27.5 Å². The summed E-state index contributed by atoms with van der Waals surface area (Å²) in [4.78, 5) is 40.9. The molecule has 19 heteroatoms. The number of nitrogens with zero attached hydrogens (tertiary/aromatic N) is 5. The van der Waals surface area contributed by atoms with E-state index in [1.54, 1.807) is 37.4 Å². The molecule has 18 nitrogen and oxygen atoms in total. The number of piperidine rings is 1. The van der Waals surface area contributed by atoms with Crippen LogP contribution < -0.4 is 29.1 Å². The summed E-state index contributed by atoms with van der Waals surface area (Å²) in [6.07, 6.45) is 11.3. The molecule has 4 atom stereocenters. The third kappa shape index (κ3) is 10.3. The van der Waals surface area contributed by atoms with Crippen LogP contribution in [0.25, 0.3) is 11.0 Å². The number of nitro groups is 1. The van der Waals surface area contributed by atoms with Crippen LogP contribution in [0, 0.1) is 21.4 Å². The number of hydrogen-bond donors (Lipinski definition) is 5. The summed E-state index contributed by atoms with van der Waals surface area (Å²) in [5.74, 6) is -0.0534. The van der Waals surface area contributed by atoms with E-state index in [4.69, 9.17) is 19.2 Å². The molecule has 11 rings (SSSR count). The van der Waals surface area contributed by atoms with Gasteiger partial charge in [0, 0.05) is 79.7 Å². The first-order valence-electron chi connectivity index (χ1n) is 26.8. The number of carbonyl (C=O) groups excluding carboxylic acids is 1. The molecule has 2 saturated carbocycles. The highest BCUT2D eigenvalue weighted by Crippen LogP contribution is 2.55. The van der Waals surface area contributed by atoms with E-state index < -0.39 is 37.0 Å². The number of pyridine rings is 1. The van der Waals surface area contributed by atoms with Crippen molar-refractivity contribution in [3.05, 3.63) is 99.7 Å². The monoisotopic (exact) mass is 1050 g/mol. The second-order valence-electron chi connectivity index (χ2n) is 22.9. The molecule has 6 aliphatic rings. The van der Waals surface area contributed by atoms with Crippen LogP contribution in [0.5, 0.6) is 23.1 Å². The normalized spacial score (nSPS) is 26.2. The number of amides is 1. The van der Waals surface area contributed by atoms with E-state index in [1.165, 1.54) is 42.9 Å². The van der Waals surface area contributed by atoms with E-state index in [-0.39, 0.29) is 77.1 Å². The number of likely N-dealkylation sites (N-methyl/N-ethyl adjacent to an activating group) is 1. The Bertz CT molecular complexity index is 3070. The summed E-state index contributed by atoms with van der Waals surface area (Å²) in [6.45, 7) is 9.71. The lowest BCUT2D eigenvalue weighted by molar-refractivity contribution is -0.384. The van der Waals surface area contributed by atoms with Gasteiger partial charge in [0.05, 0.1) is 33.6 Å². The molecule has 2 aromatic heterocycles. The van der Waals surface area contributed by atoms with Crippen molar-refractivity contribution in [1.82, 2.24) is 24.5 Å². The highest BCUT2D eigenvalue weighted by Gasteiger charge is 2.50. The molecule has 1 amide bonds. The van der Waals surface area contributed by atoms with E-state index in [9.17, 15) is 33.5 Å². The Labute approximate surface area is 438 Å². The molecular weight excluding hydrogens is 977 g/mol. The first-order valence-corrected chi connectivity index (χ1v) is 28.3. The number of benzene rings is 3. The predicted molar refractivity (Wildman–Crippen MR) is 284 cm³/mol. The van der Waals surface area contributed by atoms with Gasteiger partial charge in [0.15, 0.2) is 17.2 Å². The molecule has 400 valence electrons. The molecule has 6 heterocycles. The number of aromatic amines is 1. The third-order valence-corrected chi connectivity index (χ3v) is 18.8. The van der Waals surface area contributed by atoms with Gasteiger partial charge < -0.3 is 39.6 Å². The lowest BCUT2D eigenvalue weighted by Gasteiger charge is -2.56. The first kappa shape index (κ1) is 51.1. The number of nitrogens with one attached hydrogen (secondary N) is 3. The number of rotatable bonds is 14. The molecule has 0 bridgehead atoms. The summed E-state index contributed by atoms with van der Waals surface area (Å²) in [6, 6.07) is 20.4. The number of fused-ring (bicyclic) bond motifs is 2. The van der Waals surface area contributed by atoms with Crippen molar-refractivity contribution < 1.29 is 42.6 Å². The highest BCUT2D eigenvalue weighted by atomic mass is 32.2. The number of sulfonamides is 1. The fraction of sp³-hybridized carbons (Fsp3) is 0.536. The lowest BCUT2D eigenvalue weighted by atomic mass is 9.59. The molecule has 0 unspecified atom stereocenters. The van der Waals surface area contributed by atoms with E-state index in [0.29, 0.717) is 67.7 Å². The predicted octanol–water partition coefficient (Wildman–Crippen LogP) is 8.65. The van der Waals surface area contributed by atoms with E-state index in [0.717, 1.165) is 44.2 Å². The largest absolute Gasteiger partial charge is 0.489 e. The molecule has 5 N–H and O–H groups in total. The number of aliphatic hydroxyl groups is 2. The van der Waals surface area contributed by atoms with Crippen molar-refractivity contribution in [2.24, 2.45) is 11.3 Å². The van der Waals surface area contributed by atoms with Crippen LogP contribution in [0.15, 0.2) is 77.8 Å². The Morgan fingerprint density at radius 3 is 2.52 bits per heavy atom. The number of hydrogen-bond acceptors (Lipinski definition) is 15. The van der Waals surface area contributed by atoms with Crippen molar-refractivity contribution >= 4 is 44.0 Å². The van der Waals surface area contributed by atoms with Crippen molar-refractivity contribution in [2.45, 2.75) is 138 Å². The van der Waals surface area contributed by atoms with Gasteiger partial charge in [-0.25, -0.2) is 13.1 Å².